The molecule has 3 nitrogen and oxygen atoms in total. The van der Waals surface area contributed by atoms with Gasteiger partial charge in [0.15, 0.2) is 11.8 Å². The van der Waals surface area contributed by atoms with Gasteiger partial charge in [-0.05, 0) is 12.1 Å². The van der Waals surface area contributed by atoms with Crippen LogP contribution in [0.15, 0.2) is 24.5 Å². The first-order valence-electron chi connectivity index (χ1n) is 4.21. The van der Waals surface area contributed by atoms with Crippen molar-refractivity contribution in [1.82, 2.24) is 4.98 Å². The topological polar surface area (TPSA) is 39.0 Å². The lowest BCUT2D eigenvalue weighted by Crippen LogP contribution is -2.29. The fourth-order valence-electron chi connectivity index (χ4n) is 0.779. The zero-order chi connectivity index (χ0) is 9.90. The second kappa shape index (κ2) is 3.56. The van der Waals surface area contributed by atoms with E-state index in [4.69, 9.17) is 0 Å². The Morgan fingerprint density at radius 3 is 2.31 bits per heavy atom. The van der Waals surface area contributed by atoms with E-state index >= 15 is 0 Å². The van der Waals surface area contributed by atoms with Crippen LogP contribution in [0, 0.1) is 5.21 Å². The van der Waals surface area contributed by atoms with Crippen LogP contribution >= 0.6 is 0 Å². The fourth-order valence-corrected chi connectivity index (χ4v) is 0.779. The van der Waals surface area contributed by atoms with Gasteiger partial charge in [-0.2, -0.15) is 0 Å². The summed E-state index contributed by atoms with van der Waals surface area (Å²) in [6, 6.07) is 3.60. The monoisotopic (exact) mass is 178 g/mol. The van der Waals surface area contributed by atoms with Crippen LogP contribution in [-0.2, 0) is 0 Å². The van der Waals surface area contributed by atoms with Gasteiger partial charge in [-0.3, -0.25) is 4.98 Å². The highest BCUT2D eigenvalue weighted by Crippen LogP contribution is 2.05. The number of aromatic nitrogens is 1. The van der Waals surface area contributed by atoms with Crippen LogP contribution in [0.4, 0.5) is 0 Å². The molecule has 0 aliphatic heterocycles. The predicted molar refractivity (Wildman–Crippen MR) is 52.8 cm³/mol. The molecule has 1 heterocycles. The molecule has 0 aliphatic rings. The van der Waals surface area contributed by atoms with E-state index < -0.39 is 0 Å². The van der Waals surface area contributed by atoms with Gasteiger partial charge < -0.3 is 5.21 Å². The largest absolute Gasteiger partial charge is 0.623 e. The van der Waals surface area contributed by atoms with E-state index in [9.17, 15) is 5.21 Å². The molecule has 0 amide bonds. The summed E-state index contributed by atoms with van der Waals surface area (Å²) < 4.78 is 0.947. The van der Waals surface area contributed by atoms with E-state index in [0.29, 0.717) is 0 Å². The molecule has 0 atom stereocenters. The summed E-state index contributed by atoms with van der Waals surface area (Å²) in [7, 11) is 0. The van der Waals surface area contributed by atoms with Crippen LogP contribution in [0.25, 0.3) is 0 Å². The maximum absolute atomic E-state index is 11.5. The van der Waals surface area contributed by atoms with Crippen LogP contribution < -0.4 is 0 Å². The standard InChI is InChI=1S/C10H14N2O/c1-10(2,3)12(13)8-9-4-6-11-7-5-9/h4-8H,1-3H3. The number of rotatable bonds is 1. The highest BCUT2D eigenvalue weighted by atomic mass is 16.5. The molecule has 0 unspecified atom stereocenters. The summed E-state index contributed by atoms with van der Waals surface area (Å²) in [4.78, 5) is 3.87. The van der Waals surface area contributed by atoms with Crippen LogP contribution in [0.2, 0.25) is 0 Å². The SMILES string of the molecule is CC(C)(C)[N+]([O-])=Cc1ccncc1. The summed E-state index contributed by atoms with van der Waals surface area (Å²) >= 11 is 0. The van der Waals surface area contributed by atoms with Crippen molar-refractivity contribution in [1.29, 1.82) is 0 Å². The van der Waals surface area contributed by atoms with Gasteiger partial charge >= 0.3 is 0 Å². The quantitative estimate of drug-likeness (QED) is 0.285. The minimum Gasteiger partial charge on any atom is -0.623 e. The number of hydrogen-bond donors (Lipinski definition) is 0. The Kier molecular flexibility index (Phi) is 2.66. The van der Waals surface area contributed by atoms with Crippen LogP contribution in [-0.4, -0.2) is 21.5 Å². The average Bonchev–Trinajstić information content (AvgIpc) is 2.04. The van der Waals surface area contributed by atoms with E-state index in [1.54, 1.807) is 30.7 Å². The minimum absolute atomic E-state index is 0.386. The molecule has 0 fully saturated rings. The van der Waals surface area contributed by atoms with Gasteiger partial charge in [-0.25, -0.2) is 4.74 Å². The zero-order valence-corrected chi connectivity index (χ0v) is 8.19. The van der Waals surface area contributed by atoms with Crippen molar-refractivity contribution >= 4 is 6.21 Å². The lowest BCUT2D eigenvalue weighted by Gasteiger charge is -2.18. The highest BCUT2D eigenvalue weighted by Gasteiger charge is 2.17. The highest BCUT2D eigenvalue weighted by molar-refractivity contribution is 5.75. The molecule has 0 aromatic carbocycles. The Morgan fingerprint density at radius 1 is 1.31 bits per heavy atom. The Labute approximate surface area is 78.3 Å². The number of hydrogen-bond acceptors (Lipinski definition) is 2. The average molecular weight is 178 g/mol. The number of nitrogens with zero attached hydrogens (tertiary/aromatic N) is 2. The summed E-state index contributed by atoms with van der Waals surface area (Å²) in [6.45, 7) is 5.62. The van der Waals surface area contributed by atoms with Crippen molar-refractivity contribution in [3.8, 4) is 0 Å². The van der Waals surface area contributed by atoms with Crippen molar-refractivity contribution in [2.24, 2.45) is 0 Å². The Hall–Kier alpha value is -1.38. The summed E-state index contributed by atoms with van der Waals surface area (Å²) in [5, 5.41) is 11.5. The van der Waals surface area contributed by atoms with Gasteiger partial charge in [0.25, 0.3) is 0 Å². The van der Waals surface area contributed by atoms with E-state index in [1.807, 2.05) is 20.8 Å². The van der Waals surface area contributed by atoms with Crippen molar-refractivity contribution < 1.29 is 4.74 Å². The molecule has 0 aliphatic carbocycles. The van der Waals surface area contributed by atoms with Gasteiger partial charge in [-0.1, -0.05) is 0 Å². The normalized spacial score (nSPS) is 13.0. The maximum Gasteiger partial charge on any atom is 0.182 e. The molecule has 3 heteroatoms. The van der Waals surface area contributed by atoms with Crippen LogP contribution in [0.5, 0.6) is 0 Å². The summed E-state index contributed by atoms with van der Waals surface area (Å²) in [5.74, 6) is 0. The van der Waals surface area contributed by atoms with Gasteiger partial charge in [0.2, 0.25) is 0 Å². The Balaban J connectivity index is 2.90. The van der Waals surface area contributed by atoms with Crippen LogP contribution in [0.1, 0.15) is 26.3 Å². The molecule has 1 rings (SSSR count). The third-order valence-corrected chi connectivity index (χ3v) is 1.63. The fraction of sp³-hybridized carbons (Fsp3) is 0.400. The first-order valence-corrected chi connectivity index (χ1v) is 4.21. The van der Waals surface area contributed by atoms with Gasteiger partial charge in [0.05, 0.1) is 0 Å². The number of hydroxylamine groups is 1. The molecule has 0 radical (unpaired) electrons. The molecule has 1 aromatic rings. The molecule has 13 heavy (non-hydrogen) atoms. The first kappa shape index (κ1) is 9.71. The van der Waals surface area contributed by atoms with Gasteiger partial charge in [0, 0.05) is 38.7 Å². The van der Waals surface area contributed by atoms with Gasteiger partial charge in [-0.15, -0.1) is 0 Å². The molecule has 70 valence electrons. The van der Waals surface area contributed by atoms with Gasteiger partial charge in [0.1, 0.15) is 0 Å². The lowest BCUT2D eigenvalue weighted by molar-refractivity contribution is -0.530. The summed E-state index contributed by atoms with van der Waals surface area (Å²) in [6.07, 6.45) is 4.91. The molecule has 0 spiro atoms. The maximum atomic E-state index is 11.5. The predicted octanol–water partition coefficient (Wildman–Crippen LogP) is 1.81. The molecular formula is C10H14N2O. The Bertz CT molecular complexity index is 298. The first-order chi connectivity index (χ1) is 6.00. The third kappa shape index (κ3) is 2.86. The van der Waals surface area contributed by atoms with Crippen molar-refractivity contribution in [3.63, 3.8) is 0 Å². The molecule has 0 bridgehead atoms. The lowest BCUT2D eigenvalue weighted by atomic mass is 10.1. The zero-order valence-electron chi connectivity index (χ0n) is 8.19. The summed E-state index contributed by atoms with van der Waals surface area (Å²) in [5.41, 5.74) is 0.489. The van der Waals surface area contributed by atoms with E-state index in [0.717, 1.165) is 10.3 Å². The van der Waals surface area contributed by atoms with E-state index in [1.165, 1.54) is 0 Å². The molecular weight excluding hydrogens is 164 g/mol. The van der Waals surface area contributed by atoms with E-state index in [-0.39, 0.29) is 5.54 Å². The van der Waals surface area contributed by atoms with Crippen molar-refractivity contribution in [2.45, 2.75) is 26.3 Å². The second-order valence-electron chi connectivity index (χ2n) is 3.91. The molecule has 0 saturated heterocycles. The van der Waals surface area contributed by atoms with E-state index in [2.05, 4.69) is 4.98 Å². The smallest absolute Gasteiger partial charge is 0.182 e. The van der Waals surface area contributed by atoms with Crippen molar-refractivity contribution in [2.75, 3.05) is 0 Å². The molecule has 1 aromatic heterocycles. The molecule has 0 saturated carbocycles. The third-order valence-electron chi connectivity index (χ3n) is 1.63. The minimum atomic E-state index is -0.386. The number of pyridine rings is 1. The van der Waals surface area contributed by atoms with Crippen LogP contribution in [0.3, 0.4) is 0 Å². The molecule has 0 N–H and O–H groups in total. The van der Waals surface area contributed by atoms with Crippen molar-refractivity contribution in [3.05, 3.63) is 35.3 Å². The Morgan fingerprint density at radius 2 is 1.85 bits per heavy atom. The second-order valence-corrected chi connectivity index (χ2v) is 3.91.